The van der Waals surface area contributed by atoms with Crippen molar-refractivity contribution in [3.05, 3.63) is 48.0 Å². The summed E-state index contributed by atoms with van der Waals surface area (Å²) in [5.74, 6) is 0. The van der Waals surface area contributed by atoms with E-state index < -0.39 is 0 Å². The Hall–Kier alpha value is -1.12. The van der Waals surface area contributed by atoms with E-state index in [4.69, 9.17) is 9.47 Å². The van der Waals surface area contributed by atoms with Gasteiger partial charge in [-0.2, -0.15) is 0 Å². The number of rotatable bonds is 5. The van der Waals surface area contributed by atoms with Gasteiger partial charge in [0.15, 0.2) is 0 Å². The summed E-state index contributed by atoms with van der Waals surface area (Å²) in [4.78, 5) is 0. The molecule has 1 saturated carbocycles. The zero-order chi connectivity index (χ0) is 15.3. The molecular formula is C20H28O2. The Morgan fingerprint density at radius 1 is 1.14 bits per heavy atom. The Balaban J connectivity index is 1.64. The third-order valence-corrected chi connectivity index (χ3v) is 5.11. The molecule has 0 N–H and O–H groups in total. The van der Waals surface area contributed by atoms with Gasteiger partial charge < -0.3 is 9.47 Å². The van der Waals surface area contributed by atoms with Crippen LogP contribution >= 0.6 is 0 Å². The minimum atomic E-state index is 0.179. The van der Waals surface area contributed by atoms with Crippen molar-refractivity contribution >= 4 is 0 Å². The van der Waals surface area contributed by atoms with Crippen LogP contribution in [0.2, 0.25) is 0 Å². The summed E-state index contributed by atoms with van der Waals surface area (Å²) in [5, 5.41) is 0. The highest BCUT2D eigenvalue weighted by molar-refractivity contribution is 5.13. The van der Waals surface area contributed by atoms with Crippen LogP contribution in [0.5, 0.6) is 0 Å². The van der Waals surface area contributed by atoms with E-state index >= 15 is 0 Å². The van der Waals surface area contributed by atoms with Gasteiger partial charge >= 0.3 is 0 Å². The predicted molar refractivity (Wildman–Crippen MR) is 89.7 cm³/mol. The van der Waals surface area contributed by atoms with Crippen molar-refractivity contribution in [3.63, 3.8) is 0 Å². The molecule has 120 valence electrons. The highest BCUT2D eigenvalue weighted by Gasteiger charge is 2.41. The summed E-state index contributed by atoms with van der Waals surface area (Å²) in [5.41, 5.74) is 1.43. The first-order valence-corrected chi connectivity index (χ1v) is 8.72. The van der Waals surface area contributed by atoms with Crippen LogP contribution in [0.15, 0.2) is 42.5 Å². The summed E-state index contributed by atoms with van der Waals surface area (Å²) in [6.45, 7) is 3.69. The molecule has 0 radical (unpaired) electrons. The first-order valence-electron chi connectivity index (χ1n) is 8.72. The lowest BCUT2D eigenvalue weighted by molar-refractivity contribution is -0.106. The lowest BCUT2D eigenvalue weighted by atomic mass is 9.70. The number of hydrogen-bond donors (Lipinski definition) is 0. The monoisotopic (exact) mass is 300 g/mol. The van der Waals surface area contributed by atoms with Crippen LogP contribution in [0, 0.1) is 5.41 Å². The van der Waals surface area contributed by atoms with Gasteiger partial charge in [-0.3, -0.25) is 0 Å². The Morgan fingerprint density at radius 2 is 1.91 bits per heavy atom. The van der Waals surface area contributed by atoms with Crippen molar-refractivity contribution in [2.45, 2.75) is 64.3 Å². The van der Waals surface area contributed by atoms with Crippen LogP contribution < -0.4 is 0 Å². The number of benzene rings is 1. The van der Waals surface area contributed by atoms with E-state index in [1.165, 1.54) is 37.7 Å². The van der Waals surface area contributed by atoms with E-state index in [0.717, 1.165) is 13.0 Å². The molecule has 1 aliphatic carbocycles. The Labute approximate surface area is 134 Å². The van der Waals surface area contributed by atoms with Crippen LogP contribution in [0.3, 0.4) is 0 Å². The molecule has 1 fully saturated rings. The van der Waals surface area contributed by atoms with Crippen LogP contribution in [-0.4, -0.2) is 18.8 Å². The fourth-order valence-corrected chi connectivity index (χ4v) is 3.81. The molecule has 0 amide bonds. The molecule has 1 aliphatic heterocycles. The molecule has 0 saturated heterocycles. The second-order valence-corrected chi connectivity index (χ2v) is 6.93. The van der Waals surface area contributed by atoms with Gasteiger partial charge in [0.2, 0.25) is 0 Å². The van der Waals surface area contributed by atoms with E-state index in [2.05, 4.69) is 43.3 Å². The molecule has 22 heavy (non-hydrogen) atoms. The zero-order valence-corrected chi connectivity index (χ0v) is 13.7. The summed E-state index contributed by atoms with van der Waals surface area (Å²) in [6, 6.07) is 10.5. The second-order valence-electron chi connectivity index (χ2n) is 6.93. The molecule has 0 unspecified atom stereocenters. The molecule has 3 rings (SSSR count). The summed E-state index contributed by atoms with van der Waals surface area (Å²) >= 11 is 0. The number of ether oxygens (including phenoxy) is 2. The molecule has 2 nitrogen and oxygen atoms in total. The minimum Gasteiger partial charge on any atom is -0.376 e. The average molecular weight is 300 g/mol. The van der Waals surface area contributed by atoms with Gasteiger partial charge in [-0.1, -0.05) is 61.7 Å². The topological polar surface area (TPSA) is 18.5 Å². The standard InChI is InChI=1S/C20H28O2/c1-17-9-8-12-19(22-17)20(13-6-3-7-14-20)16-21-15-18-10-4-2-5-11-18/h2,4-5,8,10-12,17,19H,3,6-7,9,13-16H2,1H3/t17-,19-/m0/s1. The quantitative estimate of drug-likeness (QED) is 0.721. The van der Waals surface area contributed by atoms with Crippen LogP contribution in [0.25, 0.3) is 0 Å². The van der Waals surface area contributed by atoms with E-state index in [1.807, 2.05) is 6.07 Å². The van der Waals surface area contributed by atoms with Crippen LogP contribution in [0.1, 0.15) is 51.0 Å². The van der Waals surface area contributed by atoms with Crippen molar-refractivity contribution in [2.24, 2.45) is 5.41 Å². The second kappa shape index (κ2) is 7.43. The maximum atomic E-state index is 6.27. The molecule has 2 atom stereocenters. The van der Waals surface area contributed by atoms with Crippen molar-refractivity contribution in [1.82, 2.24) is 0 Å². The maximum absolute atomic E-state index is 6.27. The molecule has 0 spiro atoms. The predicted octanol–water partition coefficient (Wildman–Crippen LogP) is 4.89. The highest BCUT2D eigenvalue weighted by Crippen LogP contribution is 2.43. The lowest BCUT2D eigenvalue weighted by Gasteiger charge is -2.44. The Bertz CT molecular complexity index is 474. The fraction of sp³-hybridized carbons (Fsp3) is 0.600. The van der Waals surface area contributed by atoms with Gasteiger partial charge in [0.1, 0.15) is 0 Å². The maximum Gasteiger partial charge on any atom is 0.0837 e. The molecular weight excluding hydrogens is 272 g/mol. The third-order valence-electron chi connectivity index (χ3n) is 5.11. The Kier molecular flexibility index (Phi) is 5.32. The minimum absolute atomic E-state index is 0.179. The van der Waals surface area contributed by atoms with E-state index in [9.17, 15) is 0 Å². The average Bonchev–Trinajstić information content (AvgIpc) is 2.57. The lowest BCUT2D eigenvalue weighted by Crippen LogP contribution is -2.44. The molecule has 1 heterocycles. The van der Waals surface area contributed by atoms with Crippen molar-refractivity contribution in [2.75, 3.05) is 6.61 Å². The van der Waals surface area contributed by atoms with Crippen molar-refractivity contribution < 1.29 is 9.47 Å². The van der Waals surface area contributed by atoms with Crippen molar-refractivity contribution in [1.29, 1.82) is 0 Å². The molecule has 0 aromatic heterocycles. The van der Waals surface area contributed by atoms with Gasteiger partial charge in [-0.15, -0.1) is 0 Å². The van der Waals surface area contributed by atoms with Gasteiger partial charge in [-0.25, -0.2) is 0 Å². The summed E-state index contributed by atoms with van der Waals surface area (Å²) in [6.07, 6.45) is 12.6. The van der Waals surface area contributed by atoms with Crippen LogP contribution in [-0.2, 0) is 16.1 Å². The highest BCUT2D eigenvalue weighted by atomic mass is 16.5. The molecule has 1 aromatic carbocycles. The van der Waals surface area contributed by atoms with E-state index in [-0.39, 0.29) is 11.5 Å². The van der Waals surface area contributed by atoms with Gasteiger partial charge in [0, 0.05) is 5.41 Å². The Morgan fingerprint density at radius 3 is 2.64 bits per heavy atom. The fourth-order valence-electron chi connectivity index (χ4n) is 3.81. The molecule has 2 aliphatic rings. The van der Waals surface area contributed by atoms with Gasteiger partial charge in [-0.05, 0) is 31.7 Å². The first-order chi connectivity index (χ1) is 10.8. The first kappa shape index (κ1) is 15.8. The SMILES string of the molecule is C[C@H]1CC=C[C@@H](C2(COCc3ccccc3)CCCCC2)O1. The molecule has 2 heteroatoms. The summed E-state index contributed by atoms with van der Waals surface area (Å²) in [7, 11) is 0. The van der Waals surface area contributed by atoms with E-state index in [0.29, 0.717) is 12.7 Å². The van der Waals surface area contributed by atoms with Crippen molar-refractivity contribution in [3.8, 4) is 0 Å². The summed E-state index contributed by atoms with van der Waals surface area (Å²) < 4.78 is 12.4. The third kappa shape index (κ3) is 3.80. The smallest absolute Gasteiger partial charge is 0.0837 e. The van der Waals surface area contributed by atoms with Gasteiger partial charge in [0.25, 0.3) is 0 Å². The number of hydrogen-bond acceptors (Lipinski definition) is 2. The van der Waals surface area contributed by atoms with Gasteiger partial charge in [0.05, 0.1) is 25.4 Å². The molecule has 1 aromatic rings. The normalized spacial score (nSPS) is 27.7. The molecule has 0 bridgehead atoms. The largest absolute Gasteiger partial charge is 0.376 e. The van der Waals surface area contributed by atoms with Crippen LogP contribution in [0.4, 0.5) is 0 Å². The van der Waals surface area contributed by atoms with E-state index in [1.54, 1.807) is 0 Å². The zero-order valence-electron chi connectivity index (χ0n) is 13.7.